The molecule has 172 valence electrons. The standard InChI is InChI=1S/C27H37N3OS/c1-20(24-9-4-3-8-21(24)18-31)28(2)12-5-6-13-29-14-15-30-23(17-29)16-22-19-32-26-11-7-10-25(30)27(22)26/h7,10-11,18-19,21,23-24H,1,3-6,8-9,12-17H2,2H3. The van der Waals surface area contributed by atoms with Gasteiger partial charge in [0.2, 0.25) is 0 Å². The number of allylic oxidation sites excluding steroid dienone is 1. The summed E-state index contributed by atoms with van der Waals surface area (Å²) in [5, 5.41) is 3.90. The molecule has 3 aliphatic rings. The Balaban J connectivity index is 1.09. The van der Waals surface area contributed by atoms with E-state index in [9.17, 15) is 4.79 Å². The number of unbranched alkanes of at least 4 members (excludes halogenated alkanes) is 1. The first-order valence-electron chi connectivity index (χ1n) is 12.5. The van der Waals surface area contributed by atoms with E-state index in [1.807, 2.05) is 11.3 Å². The summed E-state index contributed by atoms with van der Waals surface area (Å²) >= 11 is 1.90. The van der Waals surface area contributed by atoms with E-state index in [0.29, 0.717) is 12.0 Å². The molecule has 5 rings (SSSR count). The zero-order valence-electron chi connectivity index (χ0n) is 19.5. The third-order valence-electron chi connectivity index (χ3n) is 8.12. The molecule has 0 N–H and O–H groups in total. The molecule has 1 aliphatic carbocycles. The Morgan fingerprint density at radius 3 is 3.00 bits per heavy atom. The average molecular weight is 452 g/mol. The molecule has 0 amide bonds. The van der Waals surface area contributed by atoms with E-state index >= 15 is 0 Å². The van der Waals surface area contributed by atoms with Crippen LogP contribution in [0.25, 0.3) is 10.1 Å². The zero-order chi connectivity index (χ0) is 22.1. The lowest BCUT2D eigenvalue weighted by Crippen LogP contribution is -2.55. The number of hydrogen-bond donors (Lipinski definition) is 0. The number of anilines is 1. The second-order valence-electron chi connectivity index (χ2n) is 10.1. The quantitative estimate of drug-likeness (QED) is 0.408. The summed E-state index contributed by atoms with van der Waals surface area (Å²) in [4.78, 5) is 19.1. The fourth-order valence-corrected chi connectivity index (χ4v) is 7.23. The topological polar surface area (TPSA) is 26.8 Å². The van der Waals surface area contributed by atoms with Gasteiger partial charge in [-0.3, -0.25) is 4.90 Å². The first-order chi connectivity index (χ1) is 15.7. The summed E-state index contributed by atoms with van der Waals surface area (Å²) in [5.74, 6) is 0.539. The summed E-state index contributed by atoms with van der Waals surface area (Å²) in [6.45, 7) is 10.1. The van der Waals surface area contributed by atoms with Crippen molar-refractivity contribution in [2.24, 2.45) is 11.8 Å². The molecule has 3 unspecified atom stereocenters. The summed E-state index contributed by atoms with van der Waals surface area (Å²) in [5.41, 5.74) is 4.20. The minimum atomic E-state index is 0.181. The van der Waals surface area contributed by atoms with Gasteiger partial charge in [-0.05, 0) is 61.7 Å². The van der Waals surface area contributed by atoms with Gasteiger partial charge < -0.3 is 14.6 Å². The third-order valence-corrected chi connectivity index (χ3v) is 9.11. The SMILES string of the molecule is C=C(C1CCCCC1C=O)N(C)CCCCN1CCN2c3cccc4scc(c34)CC2C1. The highest BCUT2D eigenvalue weighted by atomic mass is 32.1. The molecule has 1 saturated carbocycles. The van der Waals surface area contributed by atoms with Crippen molar-refractivity contribution in [2.75, 3.05) is 44.7 Å². The van der Waals surface area contributed by atoms with Crippen molar-refractivity contribution in [3.05, 3.63) is 41.4 Å². The van der Waals surface area contributed by atoms with Gasteiger partial charge in [0.05, 0.1) is 0 Å². The Morgan fingerprint density at radius 1 is 1.25 bits per heavy atom. The van der Waals surface area contributed by atoms with Crippen molar-refractivity contribution < 1.29 is 4.79 Å². The van der Waals surface area contributed by atoms with Crippen LogP contribution < -0.4 is 4.90 Å². The summed E-state index contributed by atoms with van der Waals surface area (Å²) < 4.78 is 1.44. The molecule has 0 radical (unpaired) electrons. The molecule has 3 atom stereocenters. The van der Waals surface area contributed by atoms with Crippen molar-refractivity contribution in [3.8, 4) is 0 Å². The van der Waals surface area contributed by atoms with E-state index in [1.165, 1.54) is 73.0 Å². The molecule has 1 aromatic heterocycles. The highest BCUT2D eigenvalue weighted by Gasteiger charge is 2.33. The molecule has 2 aromatic rings. The van der Waals surface area contributed by atoms with Crippen LogP contribution in [0.1, 0.15) is 44.1 Å². The van der Waals surface area contributed by atoms with Crippen LogP contribution in [0.4, 0.5) is 5.69 Å². The average Bonchev–Trinajstić information content (AvgIpc) is 3.25. The Hall–Kier alpha value is -1.85. The molecule has 3 heterocycles. The third kappa shape index (κ3) is 4.22. The number of benzene rings is 1. The number of carbonyl (C=O) groups excluding carboxylic acids is 1. The molecule has 4 nitrogen and oxygen atoms in total. The van der Waals surface area contributed by atoms with Gasteiger partial charge in [-0.1, -0.05) is 25.5 Å². The summed E-state index contributed by atoms with van der Waals surface area (Å²) in [6, 6.07) is 7.43. The summed E-state index contributed by atoms with van der Waals surface area (Å²) in [6.07, 6.45) is 9.36. The van der Waals surface area contributed by atoms with Crippen LogP contribution in [0, 0.1) is 11.8 Å². The van der Waals surface area contributed by atoms with E-state index in [-0.39, 0.29) is 5.92 Å². The van der Waals surface area contributed by atoms with E-state index in [0.717, 1.165) is 32.5 Å². The van der Waals surface area contributed by atoms with Gasteiger partial charge in [0.15, 0.2) is 0 Å². The van der Waals surface area contributed by atoms with Crippen molar-refractivity contribution in [1.82, 2.24) is 9.80 Å². The minimum absolute atomic E-state index is 0.181. The van der Waals surface area contributed by atoms with E-state index < -0.39 is 0 Å². The Labute approximate surface area is 196 Å². The number of nitrogens with zero attached hydrogens (tertiary/aromatic N) is 3. The van der Waals surface area contributed by atoms with Gasteiger partial charge in [-0.25, -0.2) is 0 Å². The number of carbonyl (C=O) groups is 1. The van der Waals surface area contributed by atoms with Gasteiger partial charge in [-0.2, -0.15) is 0 Å². The molecule has 0 bridgehead atoms. The van der Waals surface area contributed by atoms with Gasteiger partial charge in [0, 0.05) is 72.6 Å². The number of aldehydes is 1. The molecule has 2 aliphatic heterocycles. The Kier molecular flexibility index (Phi) is 6.56. The first kappa shape index (κ1) is 22.0. The predicted octanol–water partition coefficient (Wildman–Crippen LogP) is 5.18. The lowest BCUT2D eigenvalue weighted by Gasteiger charge is -2.45. The van der Waals surface area contributed by atoms with Crippen LogP contribution in [0.15, 0.2) is 35.9 Å². The fraction of sp³-hybridized carbons (Fsp3) is 0.593. The highest BCUT2D eigenvalue weighted by molar-refractivity contribution is 7.17. The second kappa shape index (κ2) is 9.56. The van der Waals surface area contributed by atoms with Crippen LogP contribution in [0.2, 0.25) is 0 Å². The maximum absolute atomic E-state index is 11.5. The first-order valence-corrected chi connectivity index (χ1v) is 13.4. The number of piperazine rings is 1. The van der Waals surface area contributed by atoms with E-state index in [4.69, 9.17) is 0 Å². The monoisotopic (exact) mass is 451 g/mol. The maximum atomic E-state index is 11.5. The number of thiophene rings is 1. The molecule has 1 aromatic carbocycles. The van der Waals surface area contributed by atoms with Crippen molar-refractivity contribution in [2.45, 2.75) is 51.0 Å². The van der Waals surface area contributed by atoms with Crippen LogP contribution in [-0.2, 0) is 11.2 Å². The lowest BCUT2D eigenvalue weighted by molar-refractivity contribution is -0.113. The maximum Gasteiger partial charge on any atom is 0.123 e. The van der Waals surface area contributed by atoms with Crippen molar-refractivity contribution in [1.29, 1.82) is 0 Å². The molecular weight excluding hydrogens is 414 g/mol. The molecule has 0 spiro atoms. The molecular formula is C27H37N3OS. The van der Waals surface area contributed by atoms with Gasteiger partial charge in [0.1, 0.15) is 6.29 Å². The number of hydrogen-bond acceptors (Lipinski definition) is 5. The molecule has 5 heteroatoms. The van der Waals surface area contributed by atoms with Crippen molar-refractivity contribution >= 4 is 33.4 Å². The van der Waals surface area contributed by atoms with E-state index in [1.54, 1.807) is 5.56 Å². The van der Waals surface area contributed by atoms with Gasteiger partial charge in [-0.15, -0.1) is 11.3 Å². The molecule has 1 saturated heterocycles. The second-order valence-corrected chi connectivity index (χ2v) is 11.0. The Bertz CT molecular complexity index is 969. The zero-order valence-corrected chi connectivity index (χ0v) is 20.3. The number of fused-ring (bicyclic) bond motifs is 2. The minimum Gasteiger partial charge on any atom is -0.378 e. The molecule has 2 fully saturated rings. The summed E-state index contributed by atoms with van der Waals surface area (Å²) in [7, 11) is 2.17. The smallest absolute Gasteiger partial charge is 0.123 e. The van der Waals surface area contributed by atoms with Crippen LogP contribution in [0.5, 0.6) is 0 Å². The lowest BCUT2D eigenvalue weighted by atomic mass is 9.78. The van der Waals surface area contributed by atoms with Gasteiger partial charge in [0.25, 0.3) is 0 Å². The fourth-order valence-electron chi connectivity index (χ4n) is 6.24. The van der Waals surface area contributed by atoms with Crippen LogP contribution in [0.3, 0.4) is 0 Å². The number of rotatable bonds is 8. The van der Waals surface area contributed by atoms with Crippen LogP contribution in [-0.4, -0.2) is 61.9 Å². The largest absolute Gasteiger partial charge is 0.378 e. The predicted molar refractivity (Wildman–Crippen MR) is 136 cm³/mol. The van der Waals surface area contributed by atoms with E-state index in [2.05, 4.69) is 51.9 Å². The normalized spacial score (nSPS) is 25.5. The Morgan fingerprint density at radius 2 is 2.12 bits per heavy atom. The highest BCUT2D eigenvalue weighted by Crippen LogP contribution is 2.41. The van der Waals surface area contributed by atoms with Gasteiger partial charge >= 0.3 is 0 Å². The molecule has 32 heavy (non-hydrogen) atoms. The van der Waals surface area contributed by atoms with Crippen LogP contribution >= 0.6 is 11.3 Å². The van der Waals surface area contributed by atoms with Crippen molar-refractivity contribution in [3.63, 3.8) is 0 Å².